The summed E-state index contributed by atoms with van der Waals surface area (Å²) in [6, 6.07) is 6.90. The lowest BCUT2D eigenvalue weighted by atomic mass is 9.99. The van der Waals surface area contributed by atoms with Crippen LogP contribution in [0, 0.1) is 5.92 Å². The first-order valence-corrected chi connectivity index (χ1v) is 11.5. The van der Waals surface area contributed by atoms with E-state index in [9.17, 15) is 8.42 Å². The molecule has 1 aliphatic rings. The highest BCUT2D eigenvalue weighted by Crippen LogP contribution is 2.23. The highest BCUT2D eigenvalue weighted by Gasteiger charge is 2.27. The van der Waals surface area contributed by atoms with Crippen molar-refractivity contribution < 1.29 is 8.42 Å². The fourth-order valence-electron chi connectivity index (χ4n) is 3.17. The first kappa shape index (κ1) is 21.1. The number of unbranched alkanes of at least 4 members (excludes halogenated alkanes) is 1. The van der Waals surface area contributed by atoms with Crippen LogP contribution < -0.4 is 10.6 Å². The summed E-state index contributed by atoms with van der Waals surface area (Å²) in [5.41, 5.74) is 0.698. The lowest BCUT2D eigenvalue weighted by molar-refractivity contribution is 0.446. The zero-order chi connectivity index (χ0) is 19.0. The Morgan fingerprint density at radius 2 is 2.00 bits per heavy atom. The van der Waals surface area contributed by atoms with Gasteiger partial charge in [-0.2, -0.15) is 4.31 Å². The summed E-state index contributed by atoms with van der Waals surface area (Å²) in [6.07, 6.45) is 6.63. The standard InChI is InChI=1S/C19H31N3O2S2/c1-3-5-9-16(4-2)15-20-19(25)21-17-10-8-11-18(14-17)26(23,24)22-12-6-7-13-22/h8,10-11,14,16H,3-7,9,12-13,15H2,1-2H3,(H2,20,21,25)/t16-/m0/s1. The number of thiocarbonyl (C=S) groups is 1. The quantitative estimate of drug-likeness (QED) is 0.617. The molecular formula is C19H31N3O2S2. The van der Waals surface area contributed by atoms with Gasteiger partial charge in [-0.1, -0.05) is 39.2 Å². The van der Waals surface area contributed by atoms with Crippen LogP contribution in [-0.2, 0) is 10.0 Å². The molecule has 0 aliphatic carbocycles. The molecule has 1 aromatic carbocycles. The van der Waals surface area contributed by atoms with Gasteiger partial charge in [-0.3, -0.25) is 0 Å². The first-order valence-electron chi connectivity index (χ1n) is 9.62. The van der Waals surface area contributed by atoms with E-state index in [2.05, 4.69) is 24.5 Å². The number of nitrogens with zero attached hydrogens (tertiary/aromatic N) is 1. The Hall–Kier alpha value is -1.18. The molecule has 1 saturated heterocycles. The van der Waals surface area contributed by atoms with Crippen molar-refractivity contribution in [2.24, 2.45) is 5.92 Å². The molecule has 0 radical (unpaired) electrons. The van der Waals surface area contributed by atoms with Crippen molar-refractivity contribution in [1.29, 1.82) is 0 Å². The number of hydrogen-bond donors (Lipinski definition) is 2. The van der Waals surface area contributed by atoms with Crippen LogP contribution in [0.15, 0.2) is 29.2 Å². The van der Waals surface area contributed by atoms with Crippen molar-refractivity contribution in [3.8, 4) is 0 Å². The van der Waals surface area contributed by atoms with Crippen LogP contribution in [0.25, 0.3) is 0 Å². The van der Waals surface area contributed by atoms with E-state index in [-0.39, 0.29) is 0 Å². The zero-order valence-corrected chi connectivity index (χ0v) is 17.5. The number of nitrogens with one attached hydrogen (secondary N) is 2. The number of sulfonamides is 1. The van der Waals surface area contributed by atoms with Gasteiger partial charge in [-0.15, -0.1) is 0 Å². The van der Waals surface area contributed by atoms with Crippen molar-refractivity contribution in [3.05, 3.63) is 24.3 Å². The third-order valence-corrected chi connectivity index (χ3v) is 7.03. The molecule has 26 heavy (non-hydrogen) atoms. The molecule has 146 valence electrons. The molecule has 7 heteroatoms. The summed E-state index contributed by atoms with van der Waals surface area (Å²) < 4.78 is 26.9. The predicted molar refractivity (Wildman–Crippen MR) is 112 cm³/mol. The fraction of sp³-hybridized carbons (Fsp3) is 0.632. The number of benzene rings is 1. The van der Waals surface area contributed by atoms with E-state index in [1.807, 2.05) is 6.07 Å². The third kappa shape index (κ3) is 5.93. The molecular weight excluding hydrogens is 366 g/mol. The van der Waals surface area contributed by atoms with E-state index in [0.29, 0.717) is 34.7 Å². The maximum Gasteiger partial charge on any atom is 0.243 e. The second kappa shape index (κ2) is 10.2. The Bertz CT molecular complexity index is 686. The van der Waals surface area contributed by atoms with E-state index in [0.717, 1.165) is 25.8 Å². The maximum absolute atomic E-state index is 12.7. The van der Waals surface area contributed by atoms with Gasteiger partial charge in [0.25, 0.3) is 0 Å². The van der Waals surface area contributed by atoms with Gasteiger partial charge in [0.1, 0.15) is 0 Å². The Morgan fingerprint density at radius 3 is 2.65 bits per heavy atom. The van der Waals surface area contributed by atoms with Crippen LogP contribution in [0.1, 0.15) is 52.4 Å². The summed E-state index contributed by atoms with van der Waals surface area (Å²) >= 11 is 5.38. The van der Waals surface area contributed by atoms with Gasteiger partial charge in [0.2, 0.25) is 10.0 Å². The lowest BCUT2D eigenvalue weighted by Crippen LogP contribution is -2.33. The Balaban J connectivity index is 1.94. The zero-order valence-electron chi connectivity index (χ0n) is 15.8. The second-order valence-corrected chi connectivity index (χ2v) is 9.24. The minimum atomic E-state index is -3.41. The van der Waals surface area contributed by atoms with E-state index >= 15 is 0 Å². The summed E-state index contributed by atoms with van der Waals surface area (Å²) in [5.74, 6) is 0.608. The molecule has 1 heterocycles. The molecule has 2 rings (SSSR count). The van der Waals surface area contributed by atoms with Crippen molar-refractivity contribution in [2.75, 3.05) is 25.0 Å². The Labute approximate surface area is 163 Å². The van der Waals surface area contributed by atoms with Gasteiger partial charge in [-0.25, -0.2) is 8.42 Å². The number of hydrogen-bond acceptors (Lipinski definition) is 3. The van der Waals surface area contributed by atoms with Gasteiger partial charge in [-0.05, 0) is 55.6 Å². The van der Waals surface area contributed by atoms with Crippen LogP contribution >= 0.6 is 12.2 Å². The van der Waals surface area contributed by atoms with Gasteiger partial charge in [0, 0.05) is 25.3 Å². The molecule has 0 amide bonds. The molecule has 0 bridgehead atoms. The van der Waals surface area contributed by atoms with Crippen LogP contribution in [0.3, 0.4) is 0 Å². The van der Waals surface area contributed by atoms with Crippen LogP contribution in [-0.4, -0.2) is 37.5 Å². The summed E-state index contributed by atoms with van der Waals surface area (Å²) in [6.45, 7) is 6.46. The average molecular weight is 398 g/mol. The fourth-order valence-corrected chi connectivity index (χ4v) is 4.93. The van der Waals surface area contributed by atoms with Gasteiger partial charge in [0.15, 0.2) is 5.11 Å². The molecule has 1 aromatic rings. The molecule has 0 unspecified atom stereocenters. The van der Waals surface area contributed by atoms with Gasteiger partial charge < -0.3 is 10.6 Å². The molecule has 5 nitrogen and oxygen atoms in total. The van der Waals surface area contributed by atoms with Crippen LogP contribution in [0.2, 0.25) is 0 Å². The maximum atomic E-state index is 12.7. The summed E-state index contributed by atoms with van der Waals surface area (Å²) in [5, 5.41) is 6.92. The van der Waals surface area contributed by atoms with Crippen LogP contribution in [0.4, 0.5) is 5.69 Å². The SMILES string of the molecule is CCCC[C@H](CC)CNC(=S)Nc1cccc(S(=O)(=O)N2CCCC2)c1. The number of rotatable bonds is 9. The second-order valence-electron chi connectivity index (χ2n) is 6.89. The van der Waals surface area contributed by atoms with Gasteiger partial charge in [0.05, 0.1) is 4.90 Å². The predicted octanol–water partition coefficient (Wildman–Crippen LogP) is 3.97. The minimum absolute atomic E-state index is 0.321. The molecule has 1 atom stereocenters. The van der Waals surface area contributed by atoms with E-state index in [1.54, 1.807) is 22.5 Å². The highest BCUT2D eigenvalue weighted by atomic mass is 32.2. The van der Waals surface area contributed by atoms with Gasteiger partial charge >= 0.3 is 0 Å². The monoisotopic (exact) mass is 397 g/mol. The van der Waals surface area contributed by atoms with Crippen molar-refractivity contribution in [3.63, 3.8) is 0 Å². The molecule has 0 aromatic heterocycles. The van der Waals surface area contributed by atoms with Crippen LogP contribution in [0.5, 0.6) is 0 Å². The minimum Gasteiger partial charge on any atom is -0.362 e. The normalized spacial score (nSPS) is 16.4. The molecule has 1 fully saturated rings. The van der Waals surface area contributed by atoms with E-state index in [4.69, 9.17) is 12.2 Å². The summed E-state index contributed by atoms with van der Waals surface area (Å²) in [7, 11) is -3.41. The van der Waals surface area contributed by atoms with Crippen molar-refractivity contribution in [2.45, 2.75) is 57.3 Å². The first-order chi connectivity index (χ1) is 12.5. The average Bonchev–Trinajstić information content (AvgIpc) is 3.17. The largest absolute Gasteiger partial charge is 0.362 e. The smallest absolute Gasteiger partial charge is 0.243 e. The lowest BCUT2D eigenvalue weighted by Gasteiger charge is -2.18. The Morgan fingerprint density at radius 1 is 1.27 bits per heavy atom. The van der Waals surface area contributed by atoms with Crippen molar-refractivity contribution >= 4 is 33.0 Å². The van der Waals surface area contributed by atoms with Crippen molar-refractivity contribution in [1.82, 2.24) is 9.62 Å². The topological polar surface area (TPSA) is 61.4 Å². The third-order valence-electron chi connectivity index (χ3n) is 4.89. The van der Waals surface area contributed by atoms with E-state index < -0.39 is 10.0 Å². The Kier molecular flexibility index (Phi) is 8.31. The number of anilines is 1. The molecule has 0 saturated carbocycles. The molecule has 1 aliphatic heterocycles. The van der Waals surface area contributed by atoms with E-state index in [1.165, 1.54) is 19.3 Å². The summed E-state index contributed by atoms with van der Waals surface area (Å²) in [4.78, 5) is 0.321. The molecule has 2 N–H and O–H groups in total. The molecule has 0 spiro atoms. The highest BCUT2D eigenvalue weighted by molar-refractivity contribution is 7.89.